The van der Waals surface area contributed by atoms with E-state index >= 15 is 0 Å². The number of carbonyl (C=O) groups is 3. The first-order valence-electron chi connectivity index (χ1n) is 7.26. The highest BCUT2D eigenvalue weighted by molar-refractivity contribution is 6.33. The Balaban J connectivity index is 1.98. The Kier molecular flexibility index (Phi) is 5.71. The molecule has 0 aliphatic heterocycles. The molecule has 1 N–H and O–H groups in total. The monoisotopic (exact) mass is 345 g/mol. The van der Waals surface area contributed by atoms with Gasteiger partial charge in [0.05, 0.1) is 10.6 Å². The Morgan fingerprint density at radius 1 is 1.04 bits per heavy atom. The van der Waals surface area contributed by atoms with E-state index in [-0.39, 0.29) is 16.4 Å². The first-order valence-corrected chi connectivity index (χ1v) is 7.63. The van der Waals surface area contributed by atoms with Gasteiger partial charge in [-0.15, -0.1) is 0 Å². The van der Waals surface area contributed by atoms with Crippen LogP contribution in [0, 0.1) is 0 Å². The number of amides is 1. The van der Waals surface area contributed by atoms with E-state index in [0.717, 1.165) is 0 Å². The number of hydrogen-bond donors (Lipinski definition) is 1. The summed E-state index contributed by atoms with van der Waals surface area (Å²) in [4.78, 5) is 35.3. The smallest absolute Gasteiger partial charge is 0.340 e. The molecule has 124 valence electrons. The molecule has 0 aromatic heterocycles. The maximum Gasteiger partial charge on any atom is 0.340 e. The molecule has 6 heteroatoms. The zero-order chi connectivity index (χ0) is 17.7. The number of halogens is 1. The molecule has 0 spiro atoms. The van der Waals surface area contributed by atoms with Crippen molar-refractivity contribution in [1.29, 1.82) is 0 Å². The van der Waals surface area contributed by atoms with E-state index in [9.17, 15) is 14.4 Å². The number of rotatable bonds is 5. The molecule has 2 rings (SSSR count). The van der Waals surface area contributed by atoms with Gasteiger partial charge >= 0.3 is 5.97 Å². The zero-order valence-electron chi connectivity index (χ0n) is 13.2. The van der Waals surface area contributed by atoms with Crippen molar-refractivity contribution in [1.82, 2.24) is 0 Å². The highest BCUT2D eigenvalue weighted by Crippen LogP contribution is 2.17. The van der Waals surface area contributed by atoms with Crippen LogP contribution in [0.25, 0.3) is 0 Å². The van der Waals surface area contributed by atoms with E-state index in [2.05, 4.69) is 5.32 Å². The van der Waals surface area contributed by atoms with Crippen molar-refractivity contribution in [3.8, 4) is 0 Å². The molecule has 24 heavy (non-hydrogen) atoms. The molecule has 0 heterocycles. The summed E-state index contributed by atoms with van der Waals surface area (Å²) < 4.78 is 5.12. The second-order valence-corrected chi connectivity index (χ2v) is 5.56. The van der Waals surface area contributed by atoms with Gasteiger partial charge < -0.3 is 10.1 Å². The molecule has 0 radical (unpaired) electrons. The van der Waals surface area contributed by atoms with Crippen molar-refractivity contribution < 1.29 is 19.1 Å². The van der Waals surface area contributed by atoms with Gasteiger partial charge in [-0.2, -0.15) is 0 Å². The molecule has 0 fully saturated rings. The third-order valence-electron chi connectivity index (χ3n) is 3.31. The lowest BCUT2D eigenvalue weighted by atomic mass is 10.1. The van der Waals surface area contributed by atoms with Crippen LogP contribution >= 0.6 is 11.6 Å². The number of hydrogen-bond acceptors (Lipinski definition) is 4. The lowest BCUT2D eigenvalue weighted by Gasteiger charge is -2.14. The number of Topliss-reactive ketones (excluding diaryl/α,β-unsaturated/α-hetero) is 1. The van der Waals surface area contributed by atoms with Crippen molar-refractivity contribution in [3.63, 3.8) is 0 Å². The fourth-order valence-corrected chi connectivity index (χ4v) is 2.15. The van der Waals surface area contributed by atoms with Gasteiger partial charge in [0.2, 0.25) is 0 Å². The van der Waals surface area contributed by atoms with Gasteiger partial charge in [-0.3, -0.25) is 9.59 Å². The molecular formula is C18H16ClNO4. The molecule has 2 aromatic rings. The molecule has 0 saturated carbocycles. The summed E-state index contributed by atoms with van der Waals surface area (Å²) in [7, 11) is 0. The summed E-state index contributed by atoms with van der Waals surface area (Å²) in [6.45, 7) is 2.93. The number of anilines is 1. The molecule has 0 aliphatic rings. The Bertz CT molecular complexity index is 771. The first-order chi connectivity index (χ1) is 11.4. The van der Waals surface area contributed by atoms with E-state index in [1.807, 2.05) is 0 Å². The van der Waals surface area contributed by atoms with Crippen LogP contribution in [0.5, 0.6) is 0 Å². The van der Waals surface area contributed by atoms with Crippen molar-refractivity contribution in [2.24, 2.45) is 0 Å². The maximum absolute atomic E-state index is 12.1. The third-order valence-corrected chi connectivity index (χ3v) is 3.64. The predicted octanol–water partition coefficient (Wildman–Crippen LogP) is 3.73. The van der Waals surface area contributed by atoms with Gasteiger partial charge in [-0.25, -0.2) is 4.79 Å². The van der Waals surface area contributed by atoms with Crippen LogP contribution in [-0.2, 0) is 9.53 Å². The van der Waals surface area contributed by atoms with Crippen LogP contribution in [0.3, 0.4) is 0 Å². The van der Waals surface area contributed by atoms with E-state index in [1.54, 1.807) is 42.5 Å². The number of benzene rings is 2. The summed E-state index contributed by atoms with van der Waals surface area (Å²) in [6, 6.07) is 12.9. The Hall–Kier alpha value is -2.66. The SMILES string of the molecule is CC(=O)c1ccc(NC(=O)C(C)OC(=O)c2ccccc2Cl)cc1. The normalized spacial score (nSPS) is 11.5. The fraction of sp³-hybridized carbons (Fsp3) is 0.167. The highest BCUT2D eigenvalue weighted by atomic mass is 35.5. The van der Waals surface area contributed by atoms with Crippen LogP contribution in [0.15, 0.2) is 48.5 Å². The topological polar surface area (TPSA) is 72.5 Å². The molecular weight excluding hydrogens is 330 g/mol. The van der Waals surface area contributed by atoms with Crippen LogP contribution in [0.2, 0.25) is 5.02 Å². The highest BCUT2D eigenvalue weighted by Gasteiger charge is 2.20. The molecule has 0 aliphatic carbocycles. The van der Waals surface area contributed by atoms with E-state index in [1.165, 1.54) is 19.9 Å². The Labute approximate surface area is 144 Å². The zero-order valence-corrected chi connectivity index (χ0v) is 14.0. The number of nitrogens with one attached hydrogen (secondary N) is 1. The Morgan fingerprint density at radius 3 is 2.25 bits per heavy atom. The molecule has 0 saturated heterocycles. The lowest BCUT2D eigenvalue weighted by Crippen LogP contribution is -2.30. The number of ether oxygens (including phenoxy) is 1. The fourth-order valence-electron chi connectivity index (χ4n) is 1.94. The second-order valence-electron chi connectivity index (χ2n) is 5.15. The van der Waals surface area contributed by atoms with Crippen LogP contribution in [-0.4, -0.2) is 23.8 Å². The van der Waals surface area contributed by atoms with E-state index in [0.29, 0.717) is 11.3 Å². The van der Waals surface area contributed by atoms with Crippen molar-refractivity contribution >= 4 is 34.9 Å². The summed E-state index contributed by atoms with van der Waals surface area (Å²) in [5, 5.41) is 2.88. The number of esters is 1. The van der Waals surface area contributed by atoms with E-state index in [4.69, 9.17) is 16.3 Å². The van der Waals surface area contributed by atoms with Gasteiger partial charge in [0, 0.05) is 11.3 Å². The van der Waals surface area contributed by atoms with Crippen molar-refractivity contribution in [2.45, 2.75) is 20.0 Å². The summed E-state index contributed by atoms with van der Waals surface area (Å²) in [6.07, 6.45) is -0.999. The van der Waals surface area contributed by atoms with Crippen LogP contribution in [0.1, 0.15) is 34.6 Å². The minimum absolute atomic E-state index is 0.0603. The lowest BCUT2D eigenvalue weighted by molar-refractivity contribution is -0.123. The van der Waals surface area contributed by atoms with Gasteiger partial charge in [-0.05, 0) is 50.2 Å². The maximum atomic E-state index is 12.1. The van der Waals surface area contributed by atoms with Crippen LogP contribution < -0.4 is 5.32 Å². The van der Waals surface area contributed by atoms with Crippen molar-refractivity contribution in [3.05, 3.63) is 64.7 Å². The van der Waals surface area contributed by atoms with E-state index < -0.39 is 18.0 Å². The summed E-state index contributed by atoms with van der Waals surface area (Å²) in [5.74, 6) is -1.21. The number of ketones is 1. The average Bonchev–Trinajstić information content (AvgIpc) is 2.55. The number of carbonyl (C=O) groups excluding carboxylic acids is 3. The summed E-state index contributed by atoms with van der Waals surface area (Å²) in [5.41, 5.74) is 1.25. The molecule has 0 bridgehead atoms. The van der Waals surface area contributed by atoms with Gasteiger partial charge in [0.15, 0.2) is 11.9 Å². The Morgan fingerprint density at radius 2 is 1.67 bits per heavy atom. The summed E-state index contributed by atoms with van der Waals surface area (Å²) >= 11 is 5.92. The molecule has 5 nitrogen and oxygen atoms in total. The van der Waals surface area contributed by atoms with Gasteiger partial charge in [0.1, 0.15) is 0 Å². The third kappa shape index (κ3) is 4.43. The van der Waals surface area contributed by atoms with Crippen LogP contribution in [0.4, 0.5) is 5.69 Å². The molecule has 2 aromatic carbocycles. The molecule has 1 amide bonds. The standard InChI is InChI=1S/C18H16ClNO4/c1-11(21)13-7-9-14(10-8-13)20-17(22)12(2)24-18(23)15-5-3-4-6-16(15)19/h3-10,12H,1-2H3,(H,20,22). The quantitative estimate of drug-likeness (QED) is 0.662. The average molecular weight is 346 g/mol. The van der Waals surface area contributed by atoms with Gasteiger partial charge in [-0.1, -0.05) is 23.7 Å². The minimum atomic E-state index is -0.999. The first kappa shape index (κ1) is 17.7. The largest absolute Gasteiger partial charge is 0.449 e. The van der Waals surface area contributed by atoms with Crippen molar-refractivity contribution in [2.75, 3.05) is 5.32 Å². The van der Waals surface area contributed by atoms with Gasteiger partial charge in [0.25, 0.3) is 5.91 Å². The second kappa shape index (κ2) is 7.75. The molecule has 1 atom stereocenters. The minimum Gasteiger partial charge on any atom is -0.449 e. The molecule has 1 unspecified atom stereocenters. The predicted molar refractivity (Wildman–Crippen MR) is 91.4 cm³/mol.